The van der Waals surface area contributed by atoms with Crippen LogP contribution in [0.1, 0.15) is 25.3 Å². The average Bonchev–Trinajstić information content (AvgIpc) is 2.15. The van der Waals surface area contributed by atoms with Crippen LogP contribution in [0.2, 0.25) is 0 Å². The van der Waals surface area contributed by atoms with Crippen LogP contribution in [0.25, 0.3) is 0 Å². The molecule has 2 atom stereocenters. The molecule has 0 aliphatic rings. The smallest absolute Gasteiger partial charge is 0.175 e. The first-order valence-corrected chi connectivity index (χ1v) is 6.69. The molecule has 1 rings (SSSR count). The molecule has 1 aromatic rings. The van der Waals surface area contributed by atoms with Gasteiger partial charge in [0, 0.05) is 12.2 Å². The van der Waals surface area contributed by atoms with E-state index in [2.05, 4.69) is 0 Å². The molecule has 0 saturated heterocycles. The predicted octanol–water partition coefficient (Wildman–Crippen LogP) is 1.57. The van der Waals surface area contributed by atoms with E-state index in [0.717, 1.165) is 5.56 Å². The lowest BCUT2D eigenvalue weighted by atomic mass is 9.97. The fourth-order valence-electron chi connectivity index (χ4n) is 1.30. The second-order valence-corrected chi connectivity index (χ2v) is 5.89. The number of hydrogen-bond acceptors (Lipinski definition) is 3. The topological polar surface area (TPSA) is 54.4 Å². The maximum Gasteiger partial charge on any atom is 0.175 e. The Bertz CT molecular complexity index is 418. The van der Waals surface area contributed by atoms with Crippen molar-refractivity contribution in [3.05, 3.63) is 29.8 Å². The summed E-state index contributed by atoms with van der Waals surface area (Å²) < 4.78 is 22.4. The predicted molar refractivity (Wildman–Crippen MR) is 59.6 cm³/mol. The van der Waals surface area contributed by atoms with Crippen LogP contribution in [0.5, 0.6) is 0 Å². The largest absolute Gasteiger partial charge is 0.393 e. The minimum Gasteiger partial charge on any atom is -0.393 e. The van der Waals surface area contributed by atoms with E-state index < -0.39 is 15.9 Å². The first kappa shape index (κ1) is 12.2. The zero-order valence-electron chi connectivity index (χ0n) is 9.14. The molecule has 1 aromatic carbocycles. The van der Waals surface area contributed by atoms with Crippen molar-refractivity contribution in [1.29, 1.82) is 0 Å². The zero-order valence-corrected chi connectivity index (χ0v) is 9.95. The van der Waals surface area contributed by atoms with Gasteiger partial charge in [0.2, 0.25) is 0 Å². The summed E-state index contributed by atoms with van der Waals surface area (Å²) in [5, 5.41) is 9.39. The normalized spacial score (nSPS) is 16.0. The van der Waals surface area contributed by atoms with Crippen molar-refractivity contribution in [2.75, 3.05) is 6.26 Å². The molecular weight excluding hydrogens is 212 g/mol. The van der Waals surface area contributed by atoms with Crippen molar-refractivity contribution in [1.82, 2.24) is 0 Å². The second kappa shape index (κ2) is 4.33. The van der Waals surface area contributed by atoms with Crippen LogP contribution in [0, 0.1) is 0 Å². The third kappa shape index (κ3) is 3.04. The van der Waals surface area contributed by atoms with Gasteiger partial charge in [0.25, 0.3) is 0 Å². The van der Waals surface area contributed by atoms with Gasteiger partial charge in [-0.05, 0) is 24.6 Å². The number of hydrogen-bond donors (Lipinski definition) is 1. The van der Waals surface area contributed by atoms with E-state index in [1.54, 1.807) is 31.2 Å². The third-order valence-electron chi connectivity index (χ3n) is 2.56. The van der Waals surface area contributed by atoms with Crippen LogP contribution in [0.3, 0.4) is 0 Å². The zero-order chi connectivity index (χ0) is 11.6. The molecule has 0 amide bonds. The molecule has 0 aromatic heterocycles. The summed E-state index contributed by atoms with van der Waals surface area (Å²) in [6, 6.07) is 6.63. The average molecular weight is 228 g/mol. The summed E-state index contributed by atoms with van der Waals surface area (Å²) in [5.41, 5.74) is 0.942. The maximum atomic E-state index is 11.2. The van der Waals surface area contributed by atoms with Gasteiger partial charge in [0.05, 0.1) is 11.0 Å². The monoisotopic (exact) mass is 228 g/mol. The molecule has 0 fully saturated rings. The van der Waals surface area contributed by atoms with Crippen molar-refractivity contribution in [2.45, 2.75) is 30.8 Å². The highest BCUT2D eigenvalue weighted by molar-refractivity contribution is 7.90. The van der Waals surface area contributed by atoms with Gasteiger partial charge in [-0.15, -0.1) is 0 Å². The summed E-state index contributed by atoms with van der Waals surface area (Å²) >= 11 is 0. The summed E-state index contributed by atoms with van der Waals surface area (Å²) in [6.45, 7) is 3.62. The fraction of sp³-hybridized carbons (Fsp3) is 0.455. The van der Waals surface area contributed by atoms with E-state index in [4.69, 9.17) is 0 Å². The lowest BCUT2D eigenvalue weighted by Gasteiger charge is -2.14. The molecule has 0 aliphatic carbocycles. The highest BCUT2D eigenvalue weighted by Gasteiger charge is 2.12. The van der Waals surface area contributed by atoms with Crippen LogP contribution in [0.4, 0.5) is 0 Å². The van der Waals surface area contributed by atoms with E-state index in [0.29, 0.717) is 4.90 Å². The van der Waals surface area contributed by atoms with E-state index in [1.807, 2.05) is 6.92 Å². The quantitative estimate of drug-likeness (QED) is 0.854. The van der Waals surface area contributed by atoms with Gasteiger partial charge in [0.15, 0.2) is 9.84 Å². The molecule has 4 heteroatoms. The first-order valence-electron chi connectivity index (χ1n) is 4.80. The molecule has 15 heavy (non-hydrogen) atoms. The molecule has 0 radical (unpaired) electrons. The Morgan fingerprint density at radius 2 is 1.60 bits per heavy atom. The molecule has 0 spiro atoms. The summed E-state index contributed by atoms with van der Waals surface area (Å²) in [4.78, 5) is 0.309. The lowest BCUT2D eigenvalue weighted by Crippen LogP contribution is -2.11. The van der Waals surface area contributed by atoms with Gasteiger partial charge in [-0.2, -0.15) is 0 Å². The highest BCUT2D eigenvalue weighted by atomic mass is 32.2. The van der Waals surface area contributed by atoms with Gasteiger partial charge < -0.3 is 5.11 Å². The SMILES string of the molecule is CC(O)C(C)c1ccc(S(C)(=O)=O)cc1. The molecule has 0 aliphatic heterocycles. The van der Waals surface area contributed by atoms with Crippen LogP contribution < -0.4 is 0 Å². The van der Waals surface area contributed by atoms with Crippen LogP contribution >= 0.6 is 0 Å². The van der Waals surface area contributed by atoms with Crippen molar-refractivity contribution < 1.29 is 13.5 Å². The Hall–Kier alpha value is -0.870. The number of sulfone groups is 1. The van der Waals surface area contributed by atoms with Crippen LogP contribution in [0.15, 0.2) is 29.2 Å². The second-order valence-electron chi connectivity index (χ2n) is 3.87. The Labute approximate surface area is 90.7 Å². The molecule has 2 unspecified atom stereocenters. The Kier molecular flexibility index (Phi) is 3.52. The fourth-order valence-corrected chi connectivity index (χ4v) is 1.93. The molecular formula is C11H16O3S. The maximum absolute atomic E-state index is 11.2. The standard InChI is InChI=1S/C11H16O3S/c1-8(9(2)12)10-4-6-11(7-5-10)15(3,13)14/h4-9,12H,1-3H3. The lowest BCUT2D eigenvalue weighted by molar-refractivity contribution is 0.169. The van der Waals surface area contributed by atoms with Gasteiger partial charge >= 0.3 is 0 Å². The van der Waals surface area contributed by atoms with Gasteiger partial charge in [0.1, 0.15) is 0 Å². The van der Waals surface area contributed by atoms with Crippen molar-refractivity contribution in [3.63, 3.8) is 0 Å². The van der Waals surface area contributed by atoms with E-state index in [-0.39, 0.29) is 5.92 Å². The Morgan fingerprint density at radius 3 is 1.93 bits per heavy atom. The highest BCUT2D eigenvalue weighted by Crippen LogP contribution is 2.20. The van der Waals surface area contributed by atoms with Crippen LogP contribution in [-0.4, -0.2) is 25.9 Å². The third-order valence-corrected chi connectivity index (χ3v) is 3.69. The van der Waals surface area contributed by atoms with Crippen molar-refractivity contribution in [3.8, 4) is 0 Å². The minimum absolute atomic E-state index is 0.0126. The van der Waals surface area contributed by atoms with E-state index in [9.17, 15) is 13.5 Å². The van der Waals surface area contributed by atoms with Gasteiger partial charge in [-0.3, -0.25) is 0 Å². The molecule has 1 N–H and O–H groups in total. The van der Waals surface area contributed by atoms with Gasteiger partial charge in [-0.25, -0.2) is 8.42 Å². The number of aliphatic hydroxyl groups excluding tert-OH is 1. The number of aliphatic hydroxyl groups is 1. The first-order chi connectivity index (χ1) is 6.82. The number of benzene rings is 1. The van der Waals surface area contributed by atoms with Crippen LogP contribution in [-0.2, 0) is 9.84 Å². The minimum atomic E-state index is -3.13. The van der Waals surface area contributed by atoms with E-state index >= 15 is 0 Å². The summed E-state index contributed by atoms with van der Waals surface area (Å²) in [5.74, 6) is 0.0126. The summed E-state index contributed by atoms with van der Waals surface area (Å²) in [7, 11) is -3.13. The van der Waals surface area contributed by atoms with Crippen molar-refractivity contribution >= 4 is 9.84 Å². The molecule has 0 heterocycles. The Balaban J connectivity index is 3.01. The molecule has 0 saturated carbocycles. The molecule has 3 nitrogen and oxygen atoms in total. The number of rotatable bonds is 3. The van der Waals surface area contributed by atoms with E-state index in [1.165, 1.54) is 6.26 Å². The molecule has 84 valence electrons. The summed E-state index contributed by atoms with van der Waals surface area (Å²) in [6.07, 6.45) is 0.745. The molecule has 0 bridgehead atoms. The Morgan fingerprint density at radius 1 is 1.13 bits per heavy atom. The van der Waals surface area contributed by atoms with Crippen molar-refractivity contribution in [2.24, 2.45) is 0 Å². The van der Waals surface area contributed by atoms with Gasteiger partial charge in [-0.1, -0.05) is 19.1 Å².